The first-order valence-corrected chi connectivity index (χ1v) is 11.6. The van der Waals surface area contributed by atoms with Crippen LogP contribution in [0.25, 0.3) is 0 Å². The van der Waals surface area contributed by atoms with Crippen LogP contribution < -0.4 is 5.32 Å². The van der Waals surface area contributed by atoms with Crippen LogP contribution in [0.15, 0.2) is 29.2 Å². The molecule has 1 aliphatic heterocycles. The average Bonchev–Trinajstić information content (AvgIpc) is 2.65. The van der Waals surface area contributed by atoms with Crippen molar-refractivity contribution in [1.29, 1.82) is 0 Å². The molecule has 1 saturated heterocycles. The molecule has 0 radical (unpaired) electrons. The minimum absolute atomic E-state index is 0.0237. The van der Waals surface area contributed by atoms with Gasteiger partial charge in [-0.05, 0) is 57.7 Å². The number of nitrogens with one attached hydrogen (secondary N) is 1. The van der Waals surface area contributed by atoms with Crippen LogP contribution in [0.2, 0.25) is 0 Å². The van der Waals surface area contributed by atoms with Crippen molar-refractivity contribution in [1.82, 2.24) is 14.5 Å². The van der Waals surface area contributed by atoms with Gasteiger partial charge < -0.3 is 5.32 Å². The summed E-state index contributed by atoms with van der Waals surface area (Å²) in [5, 5.41) is 2.99. The zero-order valence-electron chi connectivity index (χ0n) is 18.0. The predicted molar refractivity (Wildman–Crippen MR) is 113 cm³/mol. The van der Waals surface area contributed by atoms with Crippen molar-refractivity contribution in [3.63, 3.8) is 0 Å². The van der Waals surface area contributed by atoms with E-state index < -0.39 is 10.0 Å². The molecule has 7 heteroatoms. The molecular formula is C21H35N3O3S. The van der Waals surface area contributed by atoms with Gasteiger partial charge in [0.15, 0.2) is 0 Å². The van der Waals surface area contributed by atoms with E-state index in [1.165, 1.54) is 4.31 Å². The molecule has 158 valence electrons. The highest BCUT2D eigenvalue weighted by molar-refractivity contribution is 7.89. The molecule has 1 N–H and O–H groups in total. The first-order valence-electron chi connectivity index (χ1n) is 10.1. The first-order chi connectivity index (χ1) is 13.0. The van der Waals surface area contributed by atoms with Gasteiger partial charge in [-0.3, -0.25) is 9.69 Å². The van der Waals surface area contributed by atoms with Crippen molar-refractivity contribution in [3.8, 4) is 0 Å². The van der Waals surface area contributed by atoms with E-state index in [-0.39, 0.29) is 17.5 Å². The molecule has 2 atom stereocenters. The number of amides is 1. The number of carbonyl (C=O) groups is 1. The minimum atomic E-state index is -3.50. The topological polar surface area (TPSA) is 69.7 Å². The molecule has 2 rings (SSSR count). The highest BCUT2D eigenvalue weighted by Gasteiger charge is 2.32. The number of benzene rings is 1. The highest BCUT2D eigenvalue weighted by atomic mass is 32.2. The number of carbonyl (C=O) groups excluding carboxylic acids is 1. The number of hydrogen-bond donors (Lipinski definition) is 1. The Morgan fingerprint density at radius 3 is 2.07 bits per heavy atom. The van der Waals surface area contributed by atoms with Gasteiger partial charge in [-0.1, -0.05) is 26.0 Å². The van der Waals surface area contributed by atoms with Crippen molar-refractivity contribution in [2.75, 3.05) is 26.2 Å². The first kappa shape index (κ1) is 22.8. The zero-order valence-corrected chi connectivity index (χ0v) is 18.8. The second kappa shape index (κ2) is 8.93. The predicted octanol–water partition coefficient (Wildman–Crippen LogP) is 2.81. The second-order valence-corrected chi connectivity index (χ2v) is 10.7. The van der Waals surface area contributed by atoms with Crippen LogP contribution in [0, 0.1) is 0 Å². The lowest BCUT2D eigenvalue weighted by Crippen LogP contribution is -2.56. The number of piperazine rings is 1. The van der Waals surface area contributed by atoms with Gasteiger partial charge in [0.1, 0.15) is 0 Å². The molecule has 28 heavy (non-hydrogen) atoms. The molecule has 0 bridgehead atoms. The van der Waals surface area contributed by atoms with Gasteiger partial charge in [0.2, 0.25) is 15.9 Å². The normalized spacial score (nSPS) is 19.2. The van der Waals surface area contributed by atoms with Gasteiger partial charge in [0, 0.05) is 31.7 Å². The van der Waals surface area contributed by atoms with Crippen molar-refractivity contribution in [2.45, 2.75) is 70.4 Å². The van der Waals surface area contributed by atoms with Gasteiger partial charge in [-0.2, -0.15) is 4.31 Å². The lowest BCUT2D eigenvalue weighted by atomic mass is 9.99. The van der Waals surface area contributed by atoms with Crippen molar-refractivity contribution in [2.24, 2.45) is 0 Å². The third-order valence-electron chi connectivity index (χ3n) is 5.40. The molecule has 0 saturated carbocycles. The molecular weight excluding hydrogens is 374 g/mol. The third kappa shape index (κ3) is 5.55. The van der Waals surface area contributed by atoms with Crippen LogP contribution in [-0.4, -0.2) is 61.3 Å². The van der Waals surface area contributed by atoms with Crippen molar-refractivity contribution in [3.05, 3.63) is 29.8 Å². The number of hydrogen-bond acceptors (Lipinski definition) is 4. The van der Waals surface area contributed by atoms with Gasteiger partial charge in [-0.15, -0.1) is 0 Å². The monoisotopic (exact) mass is 409 g/mol. The summed E-state index contributed by atoms with van der Waals surface area (Å²) in [6.07, 6.45) is 1.02. The minimum Gasteiger partial charge on any atom is -0.350 e. The fourth-order valence-electron chi connectivity index (χ4n) is 3.32. The molecule has 1 aromatic carbocycles. The van der Waals surface area contributed by atoms with Gasteiger partial charge in [0.05, 0.1) is 10.9 Å². The van der Waals surface area contributed by atoms with E-state index in [0.717, 1.165) is 12.0 Å². The van der Waals surface area contributed by atoms with Crippen LogP contribution in [0.3, 0.4) is 0 Å². The third-order valence-corrected chi connectivity index (χ3v) is 7.31. The largest absolute Gasteiger partial charge is 0.350 e. The molecule has 0 aromatic heterocycles. The summed E-state index contributed by atoms with van der Waals surface area (Å²) < 4.78 is 27.5. The molecule has 1 fully saturated rings. The fraction of sp³-hybridized carbons (Fsp3) is 0.667. The maximum absolute atomic E-state index is 13.0. The SMILES string of the molecule is CCC(C)c1ccc(S(=O)(=O)N2CCN(C(C)C(=O)NC(C)(C)C)CC2)cc1. The smallest absolute Gasteiger partial charge is 0.243 e. The maximum atomic E-state index is 13.0. The fourth-order valence-corrected chi connectivity index (χ4v) is 4.75. The maximum Gasteiger partial charge on any atom is 0.243 e. The molecule has 1 aromatic rings. The Balaban J connectivity index is 2.00. The standard InChI is InChI=1S/C21H35N3O3S/c1-7-16(2)18-8-10-19(11-9-18)28(26,27)24-14-12-23(13-15-24)17(3)20(25)22-21(4,5)6/h8-11,16-17H,7,12-15H2,1-6H3,(H,22,25). The summed E-state index contributed by atoms with van der Waals surface area (Å²) in [7, 11) is -3.50. The molecule has 0 aliphatic carbocycles. The van der Waals surface area contributed by atoms with E-state index in [4.69, 9.17) is 0 Å². The Morgan fingerprint density at radius 2 is 1.61 bits per heavy atom. The zero-order chi connectivity index (χ0) is 21.1. The second-order valence-electron chi connectivity index (χ2n) is 8.73. The average molecular weight is 410 g/mol. The van der Waals surface area contributed by atoms with Crippen molar-refractivity contribution >= 4 is 15.9 Å². The molecule has 6 nitrogen and oxygen atoms in total. The lowest BCUT2D eigenvalue weighted by molar-refractivity contribution is -0.127. The number of sulfonamides is 1. The van der Waals surface area contributed by atoms with E-state index in [2.05, 4.69) is 19.2 Å². The van der Waals surface area contributed by atoms with Crippen LogP contribution in [-0.2, 0) is 14.8 Å². The molecule has 1 aliphatic rings. The Bertz CT molecular complexity index is 761. The molecule has 2 unspecified atom stereocenters. The van der Waals surface area contributed by atoms with Crippen LogP contribution in [0.4, 0.5) is 0 Å². The van der Waals surface area contributed by atoms with Gasteiger partial charge in [-0.25, -0.2) is 8.42 Å². The highest BCUT2D eigenvalue weighted by Crippen LogP contribution is 2.23. The molecule has 1 heterocycles. The summed E-state index contributed by atoms with van der Waals surface area (Å²) >= 11 is 0. The number of rotatable bonds is 6. The van der Waals surface area contributed by atoms with Crippen molar-refractivity contribution < 1.29 is 13.2 Å². The summed E-state index contributed by atoms with van der Waals surface area (Å²) in [6.45, 7) is 13.9. The van der Waals surface area contributed by atoms with Crippen LogP contribution in [0.5, 0.6) is 0 Å². The number of nitrogens with zero attached hydrogens (tertiary/aromatic N) is 2. The Kier molecular flexibility index (Phi) is 7.28. The van der Waals surface area contributed by atoms with Crippen LogP contribution in [0.1, 0.15) is 59.4 Å². The summed E-state index contributed by atoms with van der Waals surface area (Å²) in [5.74, 6) is 0.394. The van der Waals surface area contributed by atoms with E-state index in [1.807, 2.05) is 44.7 Å². The Morgan fingerprint density at radius 1 is 1.07 bits per heavy atom. The quantitative estimate of drug-likeness (QED) is 0.784. The Labute approximate surface area is 170 Å². The Hall–Kier alpha value is -1.44. The van der Waals surface area contributed by atoms with E-state index in [0.29, 0.717) is 37.0 Å². The van der Waals surface area contributed by atoms with Crippen LogP contribution >= 0.6 is 0 Å². The summed E-state index contributed by atoms with van der Waals surface area (Å²) in [5.41, 5.74) is 0.878. The van der Waals surface area contributed by atoms with Gasteiger partial charge >= 0.3 is 0 Å². The molecule has 0 spiro atoms. The lowest BCUT2D eigenvalue weighted by Gasteiger charge is -2.37. The molecule has 1 amide bonds. The van der Waals surface area contributed by atoms with Gasteiger partial charge in [0.25, 0.3) is 0 Å². The van der Waals surface area contributed by atoms with E-state index in [9.17, 15) is 13.2 Å². The van der Waals surface area contributed by atoms with E-state index in [1.54, 1.807) is 12.1 Å². The summed E-state index contributed by atoms with van der Waals surface area (Å²) in [4.78, 5) is 14.8. The summed E-state index contributed by atoms with van der Waals surface area (Å²) in [6, 6.07) is 6.97. The van der Waals surface area contributed by atoms with E-state index >= 15 is 0 Å².